The minimum atomic E-state index is -1.15. The van der Waals surface area contributed by atoms with Gasteiger partial charge in [0.15, 0.2) is 0 Å². The van der Waals surface area contributed by atoms with Crippen molar-refractivity contribution in [1.82, 2.24) is 5.32 Å². The Morgan fingerprint density at radius 1 is 1.15 bits per heavy atom. The number of amides is 2. The number of hydrogen-bond acceptors (Lipinski definition) is 3. The highest BCUT2D eigenvalue weighted by atomic mass is 16.4. The summed E-state index contributed by atoms with van der Waals surface area (Å²) in [7, 11) is 0. The molecule has 0 unspecified atom stereocenters. The summed E-state index contributed by atoms with van der Waals surface area (Å²) < 4.78 is 0. The van der Waals surface area contributed by atoms with Crippen LogP contribution in [-0.2, 0) is 14.4 Å². The van der Waals surface area contributed by atoms with E-state index in [2.05, 4.69) is 10.6 Å². The number of anilines is 1. The molecule has 0 atom stereocenters. The quantitative estimate of drug-likeness (QED) is 0.699. The first-order chi connectivity index (χ1) is 9.38. The van der Waals surface area contributed by atoms with Gasteiger partial charge in [0.2, 0.25) is 11.8 Å². The summed E-state index contributed by atoms with van der Waals surface area (Å²) in [4.78, 5) is 33.0. The van der Waals surface area contributed by atoms with Gasteiger partial charge in [-0.05, 0) is 25.5 Å². The van der Waals surface area contributed by atoms with Crippen LogP contribution in [0, 0.1) is 13.8 Å². The van der Waals surface area contributed by atoms with Gasteiger partial charge in [-0.25, -0.2) is 0 Å². The third-order valence-electron chi connectivity index (χ3n) is 2.44. The predicted molar refractivity (Wildman–Crippen MR) is 74.3 cm³/mol. The van der Waals surface area contributed by atoms with E-state index in [0.717, 1.165) is 23.3 Å². The van der Waals surface area contributed by atoms with E-state index in [1.807, 2.05) is 26.0 Å². The molecule has 0 fully saturated rings. The number of carbonyl (C=O) groups excluding carboxylic acids is 2. The first-order valence-corrected chi connectivity index (χ1v) is 5.94. The maximum atomic E-state index is 11.6. The summed E-state index contributed by atoms with van der Waals surface area (Å²) in [6, 6.07) is 5.58. The third-order valence-corrected chi connectivity index (χ3v) is 2.44. The number of rotatable bonds is 5. The van der Waals surface area contributed by atoms with Crippen molar-refractivity contribution >= 4 is 23.5 Å². The molecular weight excluding hydrogens is 260 g/mol. The molecule has 0 spiro atoms. The van der Waals surface area contributed by atoms with Gasteiger partial charge >= 0.3 is 5.97 Å². The summed E-state index contributed by atoms with van der Waals surface area (Å²) >= 11 is 0. The molecule has 6 heteroatoms. The zero-order valence-electron chi connectivity index (χ0n) is 11.3. The van der Waals surface area contributed by atoms with Crippen LogP contribution in [0.2, 0.25) is 0 Å². The fourth-order valence-electron chi connectivity index (χ4n) is 1.50. The van der Waals surface area contributed by atoms with Crippen molar-refractivity contribution in [3.8, 4) is 0 Å². The van der Waals surface area contributed by atoms with Crippen molar-refractivity contribution in [2.75, 3.05) is 11.9 Å². The zero-order chi connectivity index (χ0) is 15.1. The fourth-order valence-corrected chi connectivity index (χ4v) is 1.50. The average Bonchev–Trinajstić information content (AvgIpc) is 2.37. The zero-order valence-corrected chi connectivity index (χ0v) is 11.3. The first kappa shape index (κ1) is 15.4. The van der Waals surface area contributed by atoms with Gasteiger partial charge in [0.05, 0.1) is 0 Å². The van der Waals surface area contributed by atoms with E-state index in [9.17, 15) is 14.4 Å². The van der Waals surface area contributed by atoms with E-state index in [0.29, 0.717) is 5.69 Å². The molecule has 0 aliphatic rings. The lowest BCUT2D eigenvalue weighted by atomic mass is 10.1. The lowest BCUT2D eigenvalue weighted by Gasteiger charge is -2.06. The van der Waals surface area contributed by atoms with Crippen LogP contribution in [0.3, 0.4) is 0 Å². The smallest absolute Gasteiger partial charge is 0.322 e. The molecule has 3 N–H and O–H groups in total. The summed E-state index contributed by atoms with van der Waals surface area (Å²) in [6.07, 6.45) is 2.04. The fraction of sp³-hybridized carbons (Fsp3) is 0.214. The van der Waals surface area contributed by atoms with Crippen LogP contribution in [0.4, 0.5) is 5.69 Å². The Balaban J connectivity index is 2.55. The summed E-state index contributed by atoms with van der Waals surface area (Å²) in [5.74, 6) is -2.24. The minimum Gasteiger partial charge on any atom is -0.480 e. The molecule has 6 nitrogen and oxygen atoms in total. The maximum Gasteiger partial charge on any atom is 0.322 e. The molecular formula is C14H16N2O4. The largest absolute Gasteiger partial charge is 0.480 e. The van der Waals surface area contributed by atoms with Crippen LogP contribution in [0.1, 0.15) is 11.1 Å². The molecule has 0 saturated heterocycles. The highest BCUT2D eigenvalue weighted by Gasteiger charge is 2.03. The van der Waals surface area contributed by atoms with Crippen LogP contribution in [-0.4, -0.2) is 29.4 Å². The second-order valence-corrected chi connectivity index (χ2v) is 4.25. The SMILES string of the molecule is Cc1ccc(NC(=O)/C=C/C(=O)NCC(=O)O)c(C)c1. The van der Waals surface area contributed by atoms with Gasteiger partial charge in [0.1, 0.15) is 6.54 Å². The third kappa shape index (κ3) is 5.34. The van der Waals surface area contributed by atoms with Gasteiger partial charge in [-0.1, -0.05) is 17.7 Å². The van der Waals surface area contributed by atoms with E-state index < -0.39 is 24.3 Å². The molecule has 20 heavy (non-hydrogen) atoms. The molecule has 0 bridgehead atoms. The van der Waals surface area contributed by atoms with Gasteiger partial charge < -0.3 is 15.7 Å². The van der Waals surface area contributed by atoms with Crippen LogP contribution in [0.25, 0.3) is 0 Å². The average molecular weight is 276 g/mol. The second-order valence-electron chi connectivity index (χ2n) is 4.25. The summed E-state index contributed by atoms with van der Waals surface area (Å²) in [5, 5.41) is 13.1. The second kappa shape index (κ2) is 7.08. The molecule has 106 valence electrons. The lowest BCUT2D eigenvalue weighted by Crippen LogP contribution is -2.27. The summed E-state index contributed by atoms with van der Waals surface area (Å²) in [6.45, 7) is 3.33. The van der Waals surface area contributed by atoms with Gasteiger partial charge in [-0.2, -0.15) is 0 Å². The number of aliphatic carboxylic acids is 1. The molecule has 1 aromatic rings. The molecule has 0 aliphatic carbocycles. The number of nitrogens with one attached hydrogen (secondary N) is 2. The highest BCUT2D eigenvalue weighted by Crippen LogP contribution is 2.15. The Morgan fingerprint density at radius 3 is 2.40 bits per heavy atom. The van der Waals surface area contributed by atoms with Crippen molar-refractivity contribution in [3.05, 3.63) is 41.5 Å². The van der Waals surface area contributed by atoms with E-state index in [-0.39, 0.29) is 0 Å². The first-order valence-electron chi connectivity index (χ1n) is 5.94. The normalized spacial score (nSPS) is 10.3. The van der Waals surface area contributed by atoms with Gasteiger partial charge in [0, 0.05) is 17.8 Å². The molecule has 2 amide bonds. The van der Waals surface area contributed by atoms with E-state index in [4.69, 9.17) is 5.11 Å². The molecule has 1 rings (SSSR count). The van der Waals surface area contributed by atoms with Gasteiger partial charge in [0.25, 0.3) is 0 Å². The number of carboxylic acid groups (broad SMARTS) is 1. The molecule has 0 aromatic heterocycles. The lowest BCUT2D eigenvalue weighted by molar-refractivity contribution is -0.137. The monoisotopic (exact) mass is 276 g/mol. The maximum absolute atomic E-state index is 11.6. The van der Waals surface area contributed by atoms with Crippen LogP contribution in [0.15, 0.2) is 30.4 Å². The topological polar surface area (TPSA) is 95.5 Å². The van der Waals surface area contributed by atoms with E-state index in [1.165, 1.54) is 0 Å². The molecule has 1 aromatic carbocycles. The van der Waals surface area contributed by atoms with Crippen LogP contribution < -0.4 is 10.6 Å². The Hall–Kier alpha value is -2.63. The Bertz CT molecular complexity index is 564. The Labute approximate surface area is 116 Å². The van der Waals surface area contributed by atoms with Crippen molar-refractivity contribution in [3.63, 3.8) is 0 Å². The molecule has 0 saturated carbocycles. The van der Waals surface area contributed by atoms with E-state index >= 15 is 0 Å². The standard InChI is InChI=1S/C14H16N2O4/c1-9-3-4-11(10(2)7-9)16-13(18)6-5-12(17)15-8-14(19)20/h3-7H,8H2,1-2H3,(H,15,17)(H,16,18)(H,19,20)/b6-5+. The number of carbonyl (C=O) groups is 3. The van der Waals surface area contributed by atoms with Crippen LogP contribution in [0.5, 0.6) is 0 Å². The van der Waals surface area contributed by atoms with Crippen molar-refractivity contribution in [2.45, 2.75) is 13.8 Å². The summed E-state index contributed by atoms with van der Waals surface area (Å²) in [5.41, 5.74) is 2.67. The Morgan fingerprint density at radius 2 is 1.80 bits per heavy atom. The van der Waals surface area contributed by atoms with Gasteiger partial charge in [-0.15, -0.1) is 0 Å². The van der Waals surface area contributed by atoms with Crippen molar-refractivity contribution in [1.29, 1.82) is 0 Å². The van der Waals surface area contributed by atoms with E-state index in [1.54, 1.807) is 6.07 Å². The molecule has 0 radical (unpaired) electrons. The van der Waals surface area contributed by atoms with Crippen molar-refractivity contribution < 1.29 is 19.5 Å². The van der Waals surface area contributed by atoms with Crippen LogP contribution >= 0.6 is 0 Å². The molecule has 0 heterocycles. The number of benzene rings is 1. The highest BCUT2D eigenvalue weighted by molar-refractivity contribution is 6.04. The molecule has 0 aliphatic heterocycles. The minimum absolute atomic E-state index is 0.456. The number of aryl methyl sites for hydroxylation is 2. The number of hydrogen-bond donors (Lipinski definition) is 3. The van der Waals surface area contributed by atoms with Gasteiger partial charge in [-0.3, -0.25) is 14.4 Å². The van der Waals surface area contributed by atoms with Crippen molar-refractivity contribution in [2.24, 2.45) is 0 Å². The number of carboxylic acids is 1. The Kier molecular flexibility index (Phi) is 5.46. The predicted octanol–water partition coefficient (Wildman–Crippen LogP) is 0.999.